The average Bonchev–Trinajstić information content (AvgIpc) is 2.87. The first kappa shape index (κ1) is 11.1. The van der Waals surface area contributed by atoms with E-state index in [0.29, 0.717) is 0 Å². The van der Waals surface area contributed by atoms with Crippen molar-refractivity contribution >= 4 is 23.0 Å². The summed E-state index contributed by atoms with van der Waals surface area (Å²) < 4.78 is 13.2. The molecule has 0 spiro atoms. The van der Waals surface area contributed by atoms with Crippen molar-refractivity contribution in [3.05, 3.63) is 33.1 Å². The van der Waals surface area contributed by atoms with Crippen LogP contribution in [-0.4, -0.2) is 17.0 Å². The molecule has 7 heteroatoms. The number of anilines is 1. The van der Waals surface area contributed by atoms with E-state index in [2.05, 4.69) is 5.32 Å². The fourth-order valence-corrected chi connectivity index (χ4v) is 1.54. The van der Waals surface area contributed by atoms with Gasteiger partial charge < -0.3 is 11.1 Å². The molecule has 0 amide bonds. The Balaban J connectivity index is 2.33. The van der Waals surface area contributed by atoms with E-state index in [1.165, 1.54) is 0 Å². The fourth-order valence-electron chi connectivity index (χ4n) is 1.38. The zero-order valence-corrected chi connectivity index (χ0v) is 8.87. The summed E-state index contributed by atoms with van der Waals surface area (Å²) in [6, 6.07) is 1.95. The van der Waals surface area contributed by atoms with E-state index < -0.39 is 10.7 Å². The van der Waals surface area contributed by atoms with Gasteiger partial charge in [0.2, 0.25) is 0 Å². The minimum atomic E-state index is -0.691. The molecular formula is C9H9ClFN3O2. The highest BCUT2D eigenvalue weighted by Gasteiger charge is 2.35. The maximum Gasteiger partial charge on any atom is 0.294 e. The molecule has 0 aliphatic heterocycles. The zero-order valence-electron chi connectivity index (χ0n) is 8.11. The topological polar surface area (TPSA) is 81.2 Å². The highest BCUT2D eigenvalue weighted by Crippen LogP contribution is 2.33. The summed E-state index contributed by atoms with van der Waals surface area (Å²) in [5.41, 5.74) is 5.43. The van der Waals surface area contributed by atoms with Gasteiger partial charge in [0.05, 0.1) is 9.95 Å². The monoisotopic (exact) mass is 245 g/mol. The number of halogens is 2. The molecule has 2 unspecified atom stereocenters. The molecule has 0 radical (unpaired) electrons. The summed E-state index contributed by atoms with van der Waals surface area (Å²) in [5.74, 6) is -0.691. The van der Waals surface area contributed by atoms with Gasteiger partial charge in [-0.15, -0.1) is 0 Å². The Morgan fingerprint density at radius 2 is 2.25 bits per heavy atom. The Morgan fingerprint density at radius 3 is 2.75 bits per heavy atom. The minimum Gasteiger partial charge on any atom is -0.375 e. The van der Waals surface area contributed by atoms with Gasteiger partial charge in [0, 0.05) is 24.2 Å². The second kappa shape index (κ2) is 3.88. The summed E-state index contributed by atoms with van der Waals surface area (Å²) >= 11 is 5.48. The molecule has 1 aromatic carbocycles. The Morgan fingerprint density at radius 1 is 1.62 bits per heavy atom. The first-order chi connectivity index (χ1) is 7.49. The molecule has 1 fully saturated rings. The van der Waals surface area contributed by atoms with Gasteiger partial charge in [-0.3, -0.25) is 10.1 Å². The smallest absolute Gasteiger partial charge is 0.294 e. The molecule has 0 aromatic heterocycles. The lowest BCUT2D eigenvalue weighted by Gasteiger charge is -2.06. The molecule has 0 bridgehead atoms. The largest absolute Gasteiger partial charge is 0.375 e. The molecule has 1 saturated carbocycles. The second-order valence-corrected chi connectivity index (χ2v) is 4.10. The van der Waals surface area contributed by atoms with Crippen molar-refractivity contribution in [2.24, 2.45) is 5.73 Å². The normalized spacial score (nSPS) is 22.9. The molecular weight excluding hydrogens is 237 g/mol. The molecule has 1 aromatic rings. The van der Waals surface area contributed by atoms with Crippen molar-refractivity contribution in [2.75, 3.05) is 5.32 Å². The third kappa shape index (κ3) is 2.07. The number of nitrogens with two attached hydrogens (primary N) is 1. The van der Waals surface area contributed by atoms with Gasteiger partial charge in [-0.2, -0.15) is 0 Å². The van der Waals surface area contributed by atoms with Gasteiger partial charge in [-0.25, -0.2) is 4.39 Å². The van der Waals surface area contributed by atoms with Gasteiger partial charge in [0.25, 0.3) is 5.69 Å². The molecule has 0 heterocycles. The summed E-state index contributed by atoms with van der Waals surface area (Å²) in [7, 11) is 0. The number of rotatable bonds is 3. The van der Waals surface area contributed by atoms with Crippen LogP contribution in [0, 0.1) is 15.9 Å². The van der Waals surface area contributed by atoms with E-state index in [0.717, 1.165) is 18.6 Å². The Bertz CT molecular complexity index is 455. The lowest BCUT2D eigenvalue weighted by molar-refractivity contribution is -0.384. The van der Waals surface area contributed by atoms with Crippen molar-refractivity contribution in [1.29, 1.82) is 0 Å². The number of benzene rings is 1. The number of nitro benzene ring substituents is 1. The van der Waals surface area contributed by atoms with Crippen LogP contribution in [0.15, 0.2) is 12.1 Å². The molecule has 0 saturated heterocycles. The van der Waals surface area contributed by atoms with Gasteiger partial charge in [-0.05, 0) is 6.42 Å². The number of hydrogen-bond donors (Lipinski definition) is 2. The average molecular weight is 246 g/mol. The van der Waals surface area contributed by atoms with Crippen molar-refractivity contribution in [3.63, 3.8) is 0 Å². The maximum absolute atomic E-state index is 13.2. The van der Waals surface area contributed by atoms with Crippen molar-refractivity contribution in [1.82, 2.24) is 0 Å². The molecule has 5 nitrogen and oxygen atoms in total. The van der Waals surface area contributed by atoms with Crippen molar-refractivity contribution < 1.29 is 9.31 Å². The predicted octanol–water partition coefficient (Wildman–Crippen LogP) is 1.90. The quantitative estimate of drug-likeness (QED) is 0.629. The highest BCUT2D eigenvalue weighted by atomic mass is 35.5. The van der Waals surface area contributed by atoms with E-state index in [9.17, 15) is 14.5 Å². The van der Waals surface area contributed by atoms with Crippen LogP contribution in [0.2, 0.25) is 5.02 Å². The van der Waals surface area contributed by atoms with E-state index in [4.69, 9.17) is 17.3 Å². The van der Waals surface area contributed by atoms with Crippen LogP contribution in [0.1, 0.15) is 6.42 Å². The summed E-state index contributed by atoms with van der Waals surface area (Å²) in [6.45, 7) is 0. The van der Waals surface area contributed by atoms with E-state index >= 15 is 0 Å². The van der Waals surface area contributed by atoms with Gasteiger partial charge >= 0.3 is 0 Å². The maximum atomic E-state index is 13.2. The number of nitrogens with zero attached hydrogens (tertiary/aromatic N) is 1. The van der Waals surface area contributed by atoms with E-state index in [1.807, 2.05) is 0 Å². The third-order valence-corrected chi connectivity index (χ3v) is 2.71. The minimum absolute atomic E-state index is 0.0284. The van der Waals surface area contributed by atoms with Crippen molar-refractivity contribution in [3.8, 4) is 0 Å². The standard InChI is InChI=1S/C9H9ClFN3O2/c10-4-1-9(14(15)16)8(2-5(4)11)13-7-3-6(7)12/h1-2,6-7,13H,3,12H2. The zero-order chi connectivity index (χ0) is 11.9. The molecule has 3 N–H and O–H groups in total. The van der Waals surface area contributed by atoms with Crippen LogP contribution in [0.25, 0.3) is 0 Å². The summed E-state index contributed by atoms with van der Waals surface area (Å²) in [4.78, 5) is 10.1. The first-order valence-electron chi connectivity index (χ1n) is 4.64. The van der Waals surface area contributed by atoms with Crippen LogP contribution in [-0.2, 0) is 0 Å². The molecule has 2 atom stereocenters. The number of nitro groups is 1. The number of nitrogens with one attached hydrogen (secondary N) is 1. The van der Waals surface area contributed by atoms with Crippen molar-refractivity contribution in [2.45, 2.75) is 18.5 Å². The Kier molecular flexibility index (Phi) is 2.69. The lowest BCUT2D eigenvalue weighted by Crippen LogP contribution is -2.14. The fraction of sp³-hybridized carbons (Fsp3) is 0.333. The van der Waals surface area contributed by atoms with Gasteiger partial charge in [-0.1, -0.05) is 11.6 Å². The number of hydrogen-bond acceptors (Lipinski definition) is 4. The van der Waals surface area contributed by atoms with Crippen LogP contribution < -0.4 is 11.1 Å². The summed E-state index contributed by atoms with van der Waals surface area (Å²) in [6.07, 6.45) is 0.724. The van der Waals surface area contributed by atoms with Crippen LogP contribution in [0.3, 0.4) is 0 Å². The lowest BCUT2D eigenvalue weighted by atomic mass is 10.2. The predicted molar refractivity (Wildman–Crippen MR) is 58.1 cm³/mol. The SMILES string of the molecule is NC1CC1Nc1cc(F)c(Cl)cc1[N+](=O)[O-]. The van der Waals surface area contributed by atoms with E-state index in [-0.39, 0.29) is 28.5 Å². The van der Waals surface area contributed by atoms with Crippen LogP contribution >= 0.6 is 11.6 Å². The van der Waals surface area contributed by atoms with E-state index in [1.54, 1.807) is 0 Å². The summed E-state index contributed by atoms with van der Waals surface area (Å²) in [5, 5.41) is 13.3. The second-order valence-electron chi connectivity index (χ2n) is 3.69. The van der Waals surface area contributed by atoms with Gasteiger partial charge in [0.1, 0.15) is 11.5 Å². The van der Waals surface area contributed by atoms with Crippen LogP contribution in [0.5, 0.6) is 0 Å². The third-order valence-electron chi connectivity index (χ3n) is 2.42. The van der Waals surface area contributed by atoms with Gasteiger partial charge in [0.15, 0.2) is 0 Å². The molecule has 1 aliphatic carbocycles. The molecule has 86 valence electrons. The van der Waals surface area contributed by atoms with Crippen LogP contribution in [0.4, 0.5) is 15.8 Å². The first-order valence-corrected chi connectivity index (χ1v) is 5.02. The molecule has 16 heavy (non-hydrogen) atoms. The molecule has 1 aliphatic rings. The molecule has 2 rings (SSSR count). The Hall–Kier alpha value is -1.40. The Labute approximate surface area is 95.5 Å². The highest BCUT2D eigenvalue weighted by molar-refractivity contribution is 6.31.